The zero-order valence-corrected chi connectivity index (χ0v) is 19.5. The highest BCUT2D eigenvalue weighted by atomic mass is 16.5. The average molecular weight is 437 g/mol. The Morgan fingerprint density at radius 3 is 1.57 bits per heavy atom. The van der Waals surface area contributed by atoms with Crippen LogP contribution in [0.15, 0.2) is 0 Å². The van der Waals surface area contributed by atoms with Crippen molar-refractivity contribution in [2.75, 3.05) is 81.2 Å². The van der Waals surface area contributed by atoms with Crippen molar-refractivity contribution < 1.29 is 33.3 Å². The summed E-state index contributed by atoms with van der Waals surface area (Å²) in [5.74, 6) is 0.168. The van der Waals surface area contributed by atoms with Crippen molar-refractivity contribution in [1.29, 1.82) is 0 Å². The Bertz CT molecular complexity index is 337. The number of rotatable bonds is 20. The number of nitrogens with one attached hydrogen (secondary N) is 2. The third-order valence-corrected chi connectivity index (χ3v) is 3.85. The smallest absolute Gasteiger partial charge is 0.220 e. The van der Waals surface area contributed by atoms with Crippen molar-refractivity contribution in [1.82, 2.24) is 10.6 Å². The molecule has 0 spiro atoms. The minimum absolute atomic E-state index is 0.0439. The van der Waals surface area contributed by atoms with Crippen molar-refractivity contribution in [3.05, 3.63) is 0 Å². The molecule has 2 amide bonds. The van der Waals surface area contributed by atoms with Crippen LogP contribution in [0.5, 0.6) is 0 Å². The molecule has 0 aliphatic rings. The fourth-order valence-corrected chi connectivity index (χ4v) is 2.21. The Morgan fingerprint density at radius 1 is 0.533 bits per heavy atom. The predicted molar refractivity (Wildman–Crippen MR) is 117 cm³/mol. The van der Waals surface area contributed by atoms with Gasteiger partial charge < -0.3 is 34.3 Å². The van der Waals surface area contributed by atoms with Crippen LogP contribution >= 0.6 is 0 Å². The summed E-state index contributed by atoms with van der Waals surface area (Å²) in [6.45, 7) is 5.09. The first kappa shape index (κ1) is 30.9. The van der Waals surface area contributed by atoms with Gasteiger partial charge in [-0.3, -0.25) is 9.59 Å². The maximum absolute atomic E-state index is 11.2. The van der Waals surface area contributed by atoms with Gasteiger partial charge in [0.2, 0.25) is 11.8 Å². The highest BCUT2D eigenvalue weighted by molar-refractivity contribution is 5.76. The molecule has 0 saturated heterocycles. The Kier molecular flexibility index (Phi) is 28.6. The van der Waals surface area contributed by atoms with E-state index in [1.807, 2.05) is 0 Å². The van der Waals surface area contributed by atoms with Gasteiger partial charge in [-0.1, -0.05) is 0 Å². The van der Waals surface area contributed by atoms with E-state index in [1.54, 1.807) is 28.4 Å². The van der Waals surface area contributed by atoms with Crippen molar-refractivity contribution in [3.63, 3.8) is 0 Å². The molecule has 0 fully saturated rings. The maximum atomic E-state index is 11.2. The second kappa shape index (κ2) is 27.7. The van der Waals surface area contributed by atoms with Crippen molar-refractivity contribution in [3.8, 4) is 0 Å². The van der Waals surface area contributed by atoms with Crippen LogP contribution in [0.4, 0.5) is 0 Å². The number of carbonyl (C=O) groups is 2. The molecule has 0 heterocycles. The van der Waals surface area contributed by atoms with E-state index in [0.29, 0.717) is 52.4 Å². The SMILES string of the molecule is COCCCC(=O)NCCOCCOC.COCCCCCNC(=O)CCCOC. The molecule has 0 rings (SSSR count). The molecule has 0 aliphatic carbocycles. The Labute approximate surface area is 182 Å². The van der Waals surface area contributed by atoms with E-state index in [0.717, 1.165) is 45.3 Å². The summed E-state index contributed by atoms with van der Waals surface area (Å²) >= 11 is 0. The second-order valence-corrected chi connectivity index (χ2v) is 6.55. The quantitative estimate of drug-likeness (QED) is 0.279. The molecular weight excluding hydrogens is 392 g/mol. The molecule has 0 aromatic carbocycles. The fourth-order valence-electron chi connectivity index (χ4n) is 2.21. The summed E-state index contributed by atoms with van der Waals surface area (Å²) in [6, 6.07) is 0. The van der Waals surface area contributed by atoms with Gasteiger partial charge in [-0.15, -0.1) is 0 Å². The molecule has 2 N–H and O–H groups in total. The molecular formula is C21H44N2O7. The highest BCUT2D eigenvalue weighted by Crippen LogP contribution is 1.95. The zero-order valence-electron chi connectivity index (χ0n) is 19.5. The van der Waals surface area contributed by atoms with Gasteiger partial charge in [0.1, 0.15) is 0 Å². The molecule has 0 radical (unpaired) electrons. The zero-order chi connectivity index (χ0) is 22.7. The minimum Gasteiger partial charge on any atom is -0.385 e. The Hall–Kier alpha value is -1.26. The normalized spacial score (nSPS) is 10.3. The van der Waals surface area contributed by atoms with Gasteiger partial charge in [0.15, 0.2) is 0 Å². The van der Waals surface area contributed by atoms with Crippen LogP contribution in [0, 0.1) is 0 Å². The third kappa shape index (κ3) is 28.9. The van der Waals surface area contributed by atoms with E-state index < -0.39 is 0 Å². The lowest BCUT2D eigenvalue weighted by Gasteiger charge is -2.05. The first-order valence-corrected chi connectivity index (χ1v) is 10.7. The number of unbranched alkanes of at least 4 members (excludes halogenated alkanes) is 2. The van der Waals surface area contributed by atoms with Gasteiger partial charge in [0.05, 0.1) is 19.8 Å². The highest BCUT2D eigenvalue weighted by Gasteiger charge is 2.00. The van der Waals surface area contributed by atoms with E-state index in [1.165, 1.54) is 0 Å². The number of hydrogen-bond donors (Lipinski definition) is 2. The van der Waals surface area contributed by atoms with Crippen LogP contribution in [0.25, 0.3) is 0 Å². The van der Waals surface area contributed by atoms with Gasteiger partial charge in [-0.2, -0.15) is 0 Å². The minimum atomic E-state index is 0.0439. The molecule has 0 aliphatic heterocycles. The summed E-state index contributed by atoms with van der Waals surface area (Å²) in [7, 11) is 6.60. The summed E-state index contributed by atoms with van der Waals surface area (Å²) in [6.07, 6.45) is 5.82. The molecule has 0 aromatic rings. The third-order valence-electron chi connectivity index (χ3n) is 3.85. The van der Waals surface area contributed by atoms with Gasteiger partial charge in [-0.05, 0) is 32.1 Å². The number of carbonyl (C=O) groups excluding carboxylic acids is 2. The van der Waals surface area contributed by atoms with Gasteiger partial charge in [0, 0.05) is 74.2 Å². The van der Waals surface area contributed by atoms with Crippen LogP contribution in [-0.4, -0.2) is 93.0 Å². The monoisotopic (exact) mass is 436 g/mol. The van der Waals surface area contributed by atoms with Gasteiger partial charge >= 0.3 is 0 Å². The summed E-state index contributed by atoms with van der Waals surface area (Å²) in [5, 5.41) is 5.64. The lowest BCUT2D eigenvalue weighted by Crippen LogP contribution is -2.27. The molecule has 180 valence electrons. The van der Waals surface area contributed by atoms with E-state index >= 15 is 0 Å². The molecule has 0 saturated carbocycles. The molecule has 0 atom stereocenters. The van der Waals surface area contributed by atoms with Gasteiger partial charge in [0.25, 0.3) is 0 Å². The predicted octanol–water partition coefficient (Wildman–Crippen LogP) is 1.54. The number of hydrogen-bond acceptors (Lipinski definition) is 7. The number of methoxy groups -OCH3 is 4. The number of ether oxygens (including phenoxy) is 5. The Balaban J connectivity index is 0. The lowest BCUT2D eigenvalue weighted by molar-refractivity contribution is -0.122. The van der Waals surface area contributed by atoms with E-state index in [2.05, 4.69) is 10.6 Å². The van der Waals surface area contributed by atoms with Crippen LogP contribution in [0.3, 0.4) is 0 Å². The van der Waals surface area contributed by atoms with Crippen molar-refractivity contribution in [2.24, 2.45) is 0 Å². The number of amides is 2. The van der Waals surface area contributed by atoms with Crippen molar-refractivity contribution >= 4 is 11.8 Å². The lowest BCUT2D eigenvalue weighted by atomic mass is 10.2. The molecule has 0 unspecified atom stereocenters. The van der Waals surface area contributed by atoms with Crippen LogP contribution in [0.2, 0.25) is 0 Å². The van der Waals surface area contributed by atoms with Crippen LogP contribution in [0.1, 0.15) is 44.9 Å². The molecule has 9 heteroatoms. The second-order valence-electron chi connectivity index (χ2n) is 6.55. The molecule has 0 aromatic heterocycles. The van der Waals surface area contributed by atoms with Gasteiger partial charge in [-0.25, -0.2) is 0 Å². The topological polar surface area (TPSA) is 104 Å². The standard InChI is InChI=1S/C11H23NO3.C10H21NO4/c1-14-9-5-3-4-8-12-11(13)7-6-10-15-2;1-13-6-3-4-10(12)11-5-7-15-9-8-14-2/h3-10H2,1-2H3,(H,12,13);3-9H2,1-2H3,(H,11,12). The Morgan fingerprint density at radius 2 is 1.03 bits per heavy atom. The van der Waals surface area contributed by atoms with E-state index in [9.17, 15) is 9.59 Å². The first-order chi connectivity index (χ1) is 14.6. The molecule has 9 nitrogen and oxygen atoms in total. The van der Waals surface area contributed by atoms with Crippen LogP contribution in [-0.2, 0) is 33.3 Å². The molecule has 30 heavy (non-hydrogen) atoms. The molecule has 0 bridgehead atoms. The maximum Gasteiger partial charge on any atom is 0.220 e. The first-order valence-electron chi connectivity index (χ1n) is 10.7. The van der Waals surface area contributed by atoms with Crippen molar-refractivity contribution in [2.45, 2.75) is 44.9 Å². The van der Waals surface area contributed by atoms with Crippen LogP contribution < -0.4 is 10.6 Å². The summed E-state index contributed by atoms with van der Waals surface area (Å²) in [4.78, 5) is 22.4. The fraction of sp³-hybridized carbons (Fsp3) is 0.905. The van der Waals surface area contributed by atoms with E-state index in [-0.39, 0.29) is 11.8 Å². The summed E-state index contributed by atoms with van der Waals surface area (Å²) in [5.41, 5.74) is 0. The largest absolute Gasteiger partial charge is 0.385 e. The summed E-state index contributed by atoms with van der Waals surface area (Å²) < 4.78 is 24.6. The average Bonchev–Trinajstić information content (AvgIpc) is 2.74. The van der Waals surface area contributed by atoms with E-state index in [4.69, 9.17) is 23.7 Å².